The highest BCUT2D eigenvalue weighted by atomic mass is 15.1. The van der Waals surface area contributed by atoms with Crippen LogP contribution in [0.4, 0.5) is 0 Å². The van der Waals surface area contributed by atoms with E-state index in [4.69, 9.17) is 0 Å². The molecule has 1 fully saturated rings. The number of nitrogens with zero attached hydrogens (tertiary/aromatic N) is 1. The molecule has 0 aromatic heterocycles. The Morgan fingerprint density at radius 3 is 3.18 bits per heavy atom. The largest absolute Gasteiger partial charge is 0.299 e. The van der Waals surface area contributed by atoms with Crippen molar-refractivity contribution in [1.82, 2.24) is 4.90 Å². The van der Waals surface area contributed by atoms with Crippen molar-refractivity contribution >= 4 is 0 Å². The Kier molecular flexibility index (Phi) is 1.61. The highest BCUT2D eigenvalue weighted by Gasteiger charge is 2.29. The molecule has 1 aliphatic carbocycles. The minimum atomic E-state index is 0.694. The average molecular weight is 149 g/mol. The molecule has 60 valence electrons. The van der Waals surface area contributed by atoms with E-state index >= 15 is 0 Å². The van der Waals surface area contributed by atoms with E-state index in [-0.39, 0.29) is 0 Å². The van der Waals surface area contributed by atoms with Crippen LogP contribution in [0.3, 0.4) is 0 Å². The van der Waals surface area contributed by atoms with Crippen LogP contribution in [-0.2, 0) is 0 Å². The first-order valence-electron chi connectivity index (χ1n) is 4.34. The molecule has 2 aliphatic rings. The molecule has 1 aliphatic heterocycles. The Balaban J connectivity index is 2.22. The lowest BCUT2D eigenvalue weighted by molar-refractivity contribution is 0.337. The summed E-state index contributed by atoms with van der Waals surface area (Å²) in [5.41, 5.74) is 1.42. The average Bonchev–Trinajstić information content (AvgIpc) is 2.33. The van der Waals surface area contributed by atoms with Gasteiger partial charge in [-0.15, -0.1) is 0 Å². The van der Waals surface area contributed by atoms with Gasteiger partial charge in [-0.3, -0.25) is 4.90 Å². The first kappa shape index (κ1) is 7.11. The van der Waals surface area contributed by atoms with Crippen molar-refractivity contribution in [2.45, 2.75) is 19.4 Å². The van der Waals surface area contributed by atoms with E-state index < -0.39 is 0 Å². The maximum absolute atomic E-state index is 2.44. The first-order chi connectivity index (χ1) is 5.27. The quantitative estimate of drug-likeness (QED) is 0.508. The molecule has 0 saturated carbocycles. The van der Waals surface area contributed by atoms with E-state index in [0.29, 0.717) is 6.04 Å². The topological polar surface area (TPSA) is 3.24 Å². The molecular formula is C10H15N. The van der Waals surface area contributed by atoms with Crippen molar-refractivity contribution in [3.63, 3.8) is 0 Å². The Morgan fingerprint density at radius 2 is 2.36 bits per heavy atom. The minimum absolute atomic E-state index is 0.694. The molecule has 1 nitrogen and oxygen atoms in total. The lowest BCUT2D eigenvalue weighted by Crippen LogP contribution is -2.27. The highest BCUT2D eigenvalue weighted by molar-refractivity contribution is 5.27. The van der Waals surface area contributed by atoms with Gasteiger partial charge in [-0.2, -0.15) is 0 Å². The predicted octanol–water partition coefficient (Wildman–Crippen LogP) is 1.82. The summed E-state index contributed by atoms with van der Waals surface area (Å²) in [4.78, 5) is 2.44. The first-order valence-corrected chi connectivity index (χ1v) is 4.34. The van der Waals surface area contributed by atoms with Crippen LogP contribution < -0.4 is 0 Å². The van der Waals surface area contributed by atoms with E-state index in [9.17, 15) is 0 Å². The monoisotopic (exact) mass is 149 g/mol. The van der Waals surface area contributed by atoms with Gasteiger partial charge >= 0.3 is 0 Å². The Bertz CT molecular complexity index is 215. The minimum Gasteiger partial charge on any atom is -0.299 e. The molecule has 2 rings (SSSR count). The van der Waals surface area contributed by atoms with Crippen LogP contribution in [0.2, 0.25) is 0 Å². The summed E-state index contributed by atoms with van der Waals surface area (Å²) >= 11 is 0. The van der Waals surface area contributed by atoms with Crippen LogP contribution >= 0.6 is 0 Å². The molecule has 0 amide bonds. The Hall–Kier alpha value is -0.560. The molecule has 11 heavy (non-hydrogen) atoms. The number of allylic oxidation sites excluding steroid dienone is 2. The van der Waals surface area contributed by atoms with Crippen molar-refractivity contribution in [1.29, 1.82) is 0 Å². The zero-order valence-corrected chi connectivity index (χ0v) is 7.25. The van der Waals surface area contributed by atoms with Gasteiger partial charge in [0.2, 0.25) is 0 Å². The summed E-state index contributed by atoms with van der Waals surface area (Å²) < 4.78 is 0. The molecule has 0 aromatic carbocycles. The maximum Gasteiger partial charge on any atom is 0.0344 e. The number of fused-ring (bicyclic) bond motifs is 1. The fraction of sp³-hybridized carbons (Fsp3) is 0.600. The summed E-state index contributed by atoms with van der Waals surface area (Å²) in [6, 6.07) is 0.694. The third-order valence-corrected chi connectivity index (χ3v) is 2.80. The standard InChI is InChI=1S/C10H15N/c1-8-3-4-9-5-6-11(2)10(9)7-8/h3-4,7,9-10H,5-6H2,1-2H3. The van der Waals surface area contributed by atoms with Crippen LogP contribution in [0.25, 0.3) is 0 Å². The number of rotatable bonds is 0. The van der Waals surface area contributed by atoms with Gasteiger partial charge in [0, 0.05) is 6.04 Å². The van der Waals surface area contributed by atoms with Gasteiger partial charge < -0.3 is 0 Å². The van der Waals surface area contributed by atoms with Gasteiger partial charge in [-0.05, 0) is 32.9 Å². The highest BCUT2D eigenvalue weighted by Crippen LogP contribution is 2.29. The number of hydrogen-bond acceptors (Lipinski definition) is 1. The number of likely N-dealkylation sites (N-methyl/N-ethyl adjacent to an activating group) is 1. The molecule has 1 heterocycles. The predicted molar refractivity (Wildman–Crippen MR) is 47.4 cm³/mol. The zero-order chi connectivity index (χ0) is 7.84. The van der Waals surface area contributed by atoms with Crippen molar-refractivity contribution < 1.29 is 0 Å². The molecule has 0 aromatic rings. The second kappa shape index (κ2) is 2.49. The summed E-state index contributed by atoms with van der Waals surface area (Å²) in [5.74, 6) is 0.795. The van der Waals surface area contributed by atoms with E-state index in [2.05, 4.69) is 37.1 Å². The van der Waals surface area contributed by atoms with E-state index in [1.807, 2.05) is 0 Å². The van der Waals surface area contributed by atoms with Crippen LogP contribution in [-0.4, -0.2) is 24.5 Å². The number of hydrogen-bond donors (Lipinski definition) is 0. The summed E-state index contributed by atoms with van der Waals surface area (Å²) in [5, 5.41) is 0. The van der Waals surface area contributed by atoms with Crippen LogP contribution in [0.1, 0.15) is 13.3 Å². The third kappa shape index (κ3) is 1.14. The normalized spacial score (nSPS) is 37.1. The molecule has 1 heteroatoms. The summed E-state index contributed by atoms with van der Waals surface area (Å²) in [6.07, 6.45) is 8.34. The Morgan fingerprint density at radius 1 is 1.55 bits per heavy atom. The van der Waals surface area contributed by atoms with Crippen molar-refractivity contribution in [2.24, 2.45) is 5.92 Å². The van der Waals surface area contributed by atoms with Crippen LogP contribution in [0, 0.1) is 5.92 Å². The maximum atomic E-state index is 2.44. The van der Waals surface area contributed by atoms with Crippen molar-refractivity contribution in [3.05, 3.63) is 23.8 Å². The van der Waals surface area contributed by atoms with Crippen LogP contribution in [0.15, 0.2) is 23.8 Å². The van der Waals surface area contributed by atoms with Gasteiger partial charge in [-0.25, -0.2) is 0 Å². The van der Waals surface area contributed by atoms with Gasteiger partial charge in [-0.1, -0.05) is 23.8 Å². The molecule has 0 radical (unpaired) electrons. The van der Waals surface area contributed by atoms with Gasteiger partial charge in [0.25, 0.3) is 0 Å². The molecule has 0 N–H and O–H groups in total. The molecule has 2 unspecified atom stereocenters. The summed E-state index contributed by atoms with van der Waals surface area (Å²) in [6.45, 7) is 3.43. The van der Waals surface area contributed by atoms with Gasteiger partial charge in [0.1, 0.15) is 0 Å². The summed E-state index contributed by atoms with van der Waals surface area (Å²) in [7, 11) is 2.22. The molecular weight excluding hydrogens is 134 g/mol. The van der Waals surface area contributed by atoms with Crippen molar-refractivity contribution in [3.8, 4) is 0 Å². The second-order valence-corrected chi connectivity index (χ2v) is 3.69. The molecule has 1 saturated heterocycles. The van der Waals surface area contributed by atoms with Gasteiger partial charge in [0.15, 0.2) is 0 Å². The Labute approximate surface area is 68.4 Å². The third-order valence-electron chi connectivity index (χ3n) is 2.80. The zero-order valence-electron chi connectivity index (χ0n) is 7.25. The smallest absolute Gasteiger partial charge is 0.0344 e. The second-order valence-electron chi connectivity index (χ2n) is 3.69. The van der Waals surface area contributed by atoms with Crippen molar-refractivity contribution in [2.75, 3.05) is 13.6 Å². The van der Waals surface area contributed by atoms with E-state index in [1.165, 1.54) is 18.5 Å². The molecule has 2 atom stereocenters. The van der Waals surface area contributed by atoms with Crippen LogP contribution in [0.5, 0.6) is 0 Å². The molecule has 0 bridgehead atoms. The van der Waals surface area contributed by atoms with Gasteiger partial charge in [0.05, 0.1) is 0 Å². The lowest BCUT2D eigenvalue weighted by Gasteiger charge is -2.22. The number of likely N-dealkylation sites (tertiary alicyclic amines) is 1. The van der Waals surface area contributed by atoms with E-state index in [1.54, 1.807) is 0 Å². The fourth-order valence-electron chi connectivity index (χ4n) is 2.06. The lowest BCUT2D eigenvalue weighted by atomic mass is 9.93. The fourth-order valence-corrected chi connectivity index (χ4v) is 2.06. The SMILES string of the molecule is CC1=CC2C(C=C1)CCN2C. The van der Waals surface area contributed by atoms with E-state index in [0.717, 1.165) is 5.92 Å². The molecule has 0 spiro atoms.